The maximum absolute atomic E-state index is 12.2. The molecule has 0 aliphatic heterocycles. The smallest absolute Gasteiger partial charge is 0.382 e. The van der Waals surface area contributed by atoms with Crippen LogP contribution in [0.4, 0.5) is 13.2 Å². The van der Waals surface area contributed by atoms with Gasteiger partial charge in [0.25, 0.3) is 5.56 Å². The van der Waals surface area contributed by atoms with Gasteiger partial charge in [0.05, 0.1) is 30.0 Å². The van der Waals surface area contributed by atoms with Crippen LogP contribution in [0.3, 0.4) is 0 Å². The van der Waals surface area contributed by atoms with E-state index in [9.17, 15) is 18.0 Å². The minimum Gasteiger partial charge on any atom is -0.382 e. The van der Waals surface area contributed by atoms with E-state index in [1.165, 1.54) is 18.5 Å². The first-order valence-electron chi connectivity index (χ1n) is 4.93. The minimum atomic E-state index is -4.77. The van der Waals surface area contributed by atoms with Gasteiger partial charge in [-0.15, -0.1) is 0 Å². The van der Waals surface area contributed by atoms with Gasteiger partial charge in [0.2, 0.25) is 0 Å². The van der Waals surface area contributed by atoms with Gasteiger partial charge >= 0.3 is 6.18 Å². The van der Waals surface area contributed by atoms with Gasteiger partial charge in [-0.05, 0) is 6.07 Å². The van der Waals surface area contributed by atoms with Crippen LogP contribution in [0.15, 0.2) is 29.6 Å². The summed E-state index contributed by atoms with van der Waals surface area (Å²) in [6.45, 7) is -0.881. The number of nitrogens with zero attached hydrogens (tertiary/aromatic N) is 3. The summed E-state index contributed by atoms with van der Waals surface area (Å²) in [4.78, 5) is 19.4. The van der Waals surface area contributed by atoms with Gasteiger partial charge < -0.3 is 5.11 Å². The Morgan fingerprint density at radius 1 is 1.44 bits per heavy atom. The number of aliphatic hydroxyl groups is 1. The van der Waals surface area contributed by atoms with E-state index < -0.39 is 24.4 Å². The highest BCUT2D eigenvalue weighted by Crippen LogP contribution is 2.20. The van der Waals surface area contributed by atoms with Crippen molar-refractivity contribution in [3.8, 4) is 0 Å². The van der Waals surface area contributed by atoms with E-state index in [4.69, 9.17) is 5.11 Å². The summed E-state index contributed by atoms with van der Waals surface area (Å²) in [5.74, 6) is 0. The molecular weight excluding hydrogens is 251 g/mol. The normalized spacial score (nSPS) is 13.8. The number of alkyl halides is 3. The fourth-order valence-corrected chi connectivity index (χ4v) is 1.43. The monoisotopic (exact) mass is 259 g/mol. The molecule has 96 valence electrons. The quantitative estimate of drug-likeness (QED) is 0.862. The molecule has 2 aromatic rings. The zero-order valence-electron chi connectivity index (χ0n) is 8.92. The molecule has 0 spiro atoms. The highest BCUT2D eigenvalue weighted by atomic mass is 19.4. The van der Waals surface area contributed by atoms with E-state index in [2.05, 4.69) is 9.97 Å². The molecule has 1 N–H and O–H groups in total. The van der Waals surface area contributed by atoms with Crippen molar-refractivity contribution in [2.24, 2.45) is 0 Å². The van der Waals surface area contributed by atoms with Crippen LogP contribution in [0.1, 0.15) is 0 Å². The standard InChI is InChI=1S/C10H8F3N3O2/c11-10(12,13)8(17)4-16-5-15-7-3-14-2-1-6(7)9(16)18/h1-3,5,8,17H,4H2. The van der Waals surface area contributed by atoms with Gasteiger partial charge in [0, 0.05) is 6.20 Å². The van der Waals surface area contributed by atoms with Crippen molar-refractivity contribution < 1.29 is 18.3 Å². The van der Waals surface area contributed by atoms with Crippen LogP contribution < -0.4 is 5.56 Å². The van der Waals surface area contributed by atoms with Crippen LogP contribution in [-0.2, 0) is 6.54 Å². The van der Waals surface area contributed by atoms with Crippen LogP contribution in [0.2, 0.25) is 0 Å². The number of aliphatic hydroxyl groups excluding tert-OH is 1. The van der Waals surface area contributed by atoms with Gasteiger partial charge in [-0.3, -0.25) is 14.3 Å². The third-order valence-electron chi connectivity index (χ3n) is 2.37. The summed E-state index contributed by atoms with van der Waals surface area (Å²) < 4.78 is 37.3. The summed E-state index contributed by atoms with van der Waals surface area (Å²) in [6.07, 6.45) is -3.73. The van der Waals surface area contributed by atoms with E-state index in [1.54, 1.807) is 0 Å². The topological polar surface area (TPSA) is 68.0 Å². The molecule has 0 bridgehead atoms. The average molecular weight is 259 g/mol. The lowest BCUT2D eigenvalue weighted by molar-refractivity contribution is -0.207. The van der Waals surface area contributed by atoms with Crippen molar-refractivity contribution in [3.63, 3.8) is 0 Å². The Kier molecular flexibility index (Phi) is 3.04. The molecular formula is C10H8F3N3O2. The molecule has 0 aliphatic carbocycles. The van der Waals surface area contributed by atoms with Crippen molar-refractivity contribution in [1.29, 1.82) is 0 Å². The van der Waals surface area contributed by atoms with Crippen LogP contribution >= 0.6 is 0 Å². The Bertz CT molecular complexity index is 624. The number of hydrogen-bond donors (Lipinski definition) is 1. The Morgan fingerprint density at radius 3 is 2.83 bits per heavy atom. The zero-order valence-corrected chi connectivity index (χ0v) is 8.92. The molecule has 5 nitrogen and oxygen atoms in total. The second-order valence-electron chi connectivity index (χ2n) is 3.65. The van der Waals surface area contributed by atoms with Crippen molar-refractivity contribution >= 4 is 10.9 Å². The molecule has 0 amide bonds. The summed E-state index contributed by atoms with van der Waals surface area (Å²) in [5, 5.41) is 9.07. The molecule has 2 aromatic heterocycles. The van der Waals surface area contributed by atoms with Gasteiger partial charge in [-0.25, -0.2) is 4.98 Å². The van der Waals surface area contributed by atoms with E-state index in [0.29, 0.717) is 5.52 Å². The van der Waals surface area contributed by atoms with Gasteiger partial charge in [0.15, 0.2) is 6.10 Å². The SMILES string of the molecule is O=c1c2ccncc2ncn1CC(O)C(F)(F)F. The van der Waals surface area contributed by atoms with E-state index >= 15 is 0 Å². The maximum Gasteiger partial charge on any atom is 0.416 e. The first-order chi connectivity index (χ1) is 8.39. The van der Waals surface area contributed by atoms with Crippen LogP contribution in [-0.4, -0.2) is 31.9 Å². The molecule has 0 fully saturated rings. The third kappa shape index (κ3) is 2.33. The summed E-state index contributed by atoms with van der Waals surface area (Å²) in [5.41, 5.74) is -0.356. The molecule has 2 rings (SSSR count). The highest BCUT2D eigenvalue weighted by Gasteiger charge is 2.38. The molecule has 1 unspecified atom stereocenters. The molecule has 0 saturated carbocycles. The highest BCUT2D eigenvalue weighted by molar-refractivity contribution is 5.75. The van der Waals surface area contributed by atoms with Crippen LogP contribution in [0.5, 0.6) is 0 Å². The average Bonchev–Trinajstić information content (AvgIpc) is 2.32. The summed E-state index contributed by atoms with van der Waals surface area (Å²) in [6, 6.07) is 1.36. The van der Waals surface area contributed by atoms with Gasteiger partial charge in [-0.1, -0.05) is 0 Å². The molecule has 1 atom stereocenters. The molecule has 0 radical (unpaired) electrons. The summed E-state index contributed by atoms with van der Waals surface area (Å²) in [7, 11) is 0. The van der Waals surface area contributed by atoms with Crippen molar-refractivity contribution in [1.82, 2.24) is 14.5 Å². The maximum atomic E-state index is 12.2. The number of rotatable bonds is 2. The fourth-order valence-electron chi connectivity index (χ4n) is 1.43. The van der Waals surface area contributed by atoms with Crippen molar-refractivity contribution in [3.05, 3.63) is 35.1 Å². The van der Waals surface area contributed by atoms with Gasteiger partial charge in [0.1, 0.15) is 0 Å². The molecule has 0 aliphatic rings. The predicted octanol–water partition coefficient (Wildman–Crippen LogP) is 0.715. The number of fused-ring (bicyclic) bond motifs is 1. The molecule has 0 saturated heterocycles. The predicted molar refractivity (Wildman–Crippen MR) is 55.9 cm³/mol. The van der Waals surface area contributed by atoms with Gasteiger partial charge in [-0.2, -0.15) is 13.2 Å². The molecule has 0 aromatic carbocycles. The summed E-state index contributed by atoms with van der Waals surface area (Å²) >= 11 is 0. The lowest BCUT2D eigenvalue weighted by Gasteiger charge is -2.15. The number of pyridine rings is 1. The Morgan fingerprint density at radius 2 is 2.17 bits per heavy atom. The van der Waals surface area contributed by atoms with E-state index in [-0.39, 0.29) is 5.39 Å². The lowest BCUT2D eigenvalue weighted by Crippen LogP contribution is -2.36. The molecule has 2 heterocycles. The Hall–Kier alpha value is -1.96. The fraction of sp³-hybridized carbons (Fsp3) is 0.300. The van der Waals surface area contributed by atoms with Crippen molar-refractivity contribution in [2.75, 3.05) is 0 Å². The first kappa shape index (κ1) is 12.5. The van der Waals surface area contributed by atoms with E-state index in [1.807, 2.05) is 0 Å². The number of aromatic nitrogens is 3. The largest absolute Gasteiger partial charge is 0.416 e. The van der Waals surface area contributed by atoms with Crippen LogP contribution in [0, 0.1) is 0 Å². The Labute approximate surface area is 98.5 Å². The lowest BCUT2D eigenvalue weighted by atomic mass is 10.3. The van der Waals surface area contributed by atoms with E-state index in [0.717, 1.165) is 10.9 Å². The Balaban J connectivity index is 2.41. The number of halogens is 3. The molecule has 8 heteroatoms. The van der Waals surface area contributed by atoms with Crippen molar-refractivity contribution in [2.45, 2.75) is 18.8 Å². The molecule has 18 heavy (non-hydrogen) atoms. The number of hydrogen-bond acceptors (Lipinski definition) is 4. The first-order valence-corrected chi connectivity index (χ1v) is 4.93. The zero-order chi connectivity index (χ0) is 13.3. The minimum absolute atomic E-state index is 0.155. The second-order valence-corrected chi connectivity index (χ2v) is 3.65. The van der Waals surface area contributed by atoms with Crippen LogP contribution in [0.25, 0.3) is 10.9 Å². The second kappa shape index (κ2) is 4.37. The third-order valence-corrected chi connectivity index (χ3v) is 2.37.